The number of carbonyl (C=O) groups is 1. The van der Waals surface area contributed by atoms with Crippen LogP contribution >= 0.6 is 11.3 Å². The van der Waals surface area contributed by atoms with Crippen molar-refractivity contribution in [3.8, 4) is 6.07 Å². The predicted octanol–water partition coefficient (Wildman–Crippen LogP) is 2.26. The second-order valence-corrected chi connectivity index (χ2v) is 4.49. The van der Waals surface area contributed by atoms with Gasteiger partial charge in [0, 0.05) is 16.6 Å². The molecule has 0 unspecified atom stereocenters. The summed E-state index contributed by atoms with van der Waals surface area (Å²) >= 11 is 1.25. The summed E-state index contributed by atoms with van der Waals surface area (Å²) in [7, 11) is 0. The highest BCUT2D eigenvalue weighted by atomic mass is 32.1. The number of nitrogen functional groups attached to an aromatic ring is 1. The number of aryl methyl sites for hydroxylation is 1. The molecule has 0 fully saturated rings. The number of hydrogen-bond acceptors (Lipinski definition) is 5. The third-order valence-electron chi connectivity index (χ3n) is 2.39. The van der Waals surface area contributed by atoms with Gasteiger partial charge in [0.15, 0.2) is 5.78 Å². The standard InChI is InChI=1S/C11H9N3OS/c1-5-7(6(2)15)3-8-10(13)9(4-12)16-11(8)14-5/h3H,13H2,1-2H3. The number of thiophene rings is 1. The van der Waals surface area contributed by atoms with E-state index in [1.165, 1.54) is 18.3 Å². The molecule has 2 aromatic heterocycles. The van der Waals surface area contributed by atoms with Crippen molar-refractivity contribution in [2.75, 3.05) is 5.73 Å². The molecule has 5 heteroatoms. The summed E-state index contributed by atoms with van der Waals surface area (Å²) in [5, 5.41) is 9.54. The van der Waals surface area contributed by atoms with Crippen LogP contribution in [0.25, 0.3) is 10.2 Å². The molecule has 0 bridgehead atoms. The first-order chi connectivity index (χ1) is 7.54. The van der Waals surface area contributed by atoms with E-state index in [-0.39, 0.29) is 5.78 Å². The number of nitriles is 1. The van der Waals surface area contributed by atoms with E-state index in [0.717, 1.165) is 0 Å². The molecule has 4 nitrogen and oxygen atoms in total. The minimum Gasteiger partial charge on any atom is -0.396 e. The van der Waals surface area contributed by atoms with E-state index in [0.29, 0.717) is 32.0 Å². The lowest BCUT2D eigenvalue weighted by Crippen LogP contribution is -1.98. The minimum absolute atomic E-state index is 0.0454. The monoisotopic (exact) mass is 231 g/mol. The fourth-order valence-corrected chi connectivity index (χ4v) is 2.49. The predicted molar refractivity (Wildman–Crippen MR) is 63.5 cm³/mol. The number of fused-ring (bicyclic) bond motifs is 1. The van der Waals surface area contributed by atoms with Crippen molar-refractivity contribution in [1.29, 1.82) is 5.26 Å². The van der Waals surface area contributed by atoms with Crippen LogP contribution in [0.5, 0.6) is 0 Å². The molecule has 0 radical (unpaired) electrons. The Hall–Kier alpha value is -1.93. The number of nitrogens with zero attached hydrogens (tertiary/aromatic N) is 2. The molecular formula is C11H9N3OS. The number of rotatable bonds is 1. The average Bonchev–Trinajstić information content (AvgIpc) is 2.53. The fraction of sp³-hybridized carbons (Fsp3) is 0.182. The van der Waals surface area contributed by atoms with Gasteiger partial charge in [-0.15, -0.1) is 11.3 Å². The number of Topliss-reactive ketones (excluding diaryl/α,β-unsaturated/α-hetero) is 1. The summed E-state index contributed by atoms with van der Waals surface area (Å²) in [4.78, 5) is 16.8. The Morgan fingerprint density at radius 1 is 1.62 bits per heavy atom. The van der Waals surface area contributed by atoms with Crippen molar-refractivity contribution in [2.45, 2.75) is 13.8 Å². The molecule has 0 aliphatic rings. The zero-order valence-electron chi connectivity index (χ0n) is 8.87. The second kappa shape index (κ2) is 3.58. The van der Waals surface area contributed by atoms with E-state index in [1.807, 2.05) is 6.07 Å². The Balaban J connectivity index is 2.84. The molecule has 80 valence electrons. The molecule has 0 spiro atoms. The highest BCUT2D eigenvalue weighted by molar-refractivity contribution is 7.19. The number of aromatic nitrogens is 1. The summed E-state index contributed by atoms with van der Waals surface area (Å²) in [6, 6.07) is 3.74. The lowest BCUT2D eigenvalue weighted by molar-refractivity contribution is 0.101. The van der Waals surface area contributed by atoms with E-state index in [9.17, 15) is 4.79 Å². The molecule has 0 atom stereocenters. The van der Waals surface area contributed by atoms with E-state index in [4.69, 9.17) is 11.0 Å². The Kier molecular flexibility index (Phi) is 2.37. The van der Waals surface area contributed by atoms with Crippen LogP contribution in [0.3, 0.4) is 0 Å². The number of hydrogen-bond donors (Lipinski definition) is 1. The molecule has 16 heavy (non-hydrogen) atoms. The molecule has 2 aromatic rings. The van der Waals surface area contributed by atoms with Gasteiger partial charge in [0.05, 0.1) is 5.69 Å². The number of anilines is 1. The molecule has 0 aliphatic heterocycles. The third kappa shape index (κ3) is 1.44. The van der Waals surface area contributed by atoms with Crippen molar-refractivity contribution in [2.24, 2.45) is 0 Å². The topological polar surface area (TPSA) is 79.8 Å². The first kappa shape index (κ1) is 10.6. The van der Waals surface area contributed by atoms with Crippen LogP contribution in [0, 0.1) is 18.3 Å². The zero-order chi connectivity index (χ0) is 11.9. The summed E-state index contributed by atoms with van der Waals surface area (Å²) in [5.74, 6) is -0.0454. The number of carbonyl (C=O) groups excluding carboxylic acids is 1. The van der Waals surface area contributed by atoms with Crippen LogP contribution in [0.15, 0.2) is 6.07 Å². The molecular weight excluding hydrogens is 222 g/mol. The fourth-order valence-electron chi connectivity index (χ4n) is 1.57. The normalized spacial score (nSPS) is 10.3. The Labute approximate surface area is 96.3 Å². The number of pyridine rings is 1. The molecule has 2 N–H and O–H groups in total. The molecule has 0 amide bonds. The van der Waals surface area contributed by atoms with E-state index >= 15 is 0 Å². The van der Waals surface area contributed by atoms with Gasteiger partial charge in [-0.25, -0.2) is 4.98 Å². The average molecular weight is 231 g/mol. The smallest absolute Gasteiger partial charge is 0.161 e. The largest absolute Gasteiger partial charge is 0.396 e. The van der Waals surface area contributed by atoms with E-state index in [2.05, 4.69) is 4.98 Å². The van der Waals surface area contributed by atoms with Gasteiger partial charge < -0.3 is 5.73 Å². The minimum atomic E-state index is -0.0454. The van der Waals surface area contributed by atoms with Crippen molar-refractivity contribution >= 4 is 33.0 Å². The maximum Gasteiger partial charge on any atom is 0.161 e. The lowest BCUT2D eigenvalue weighted by Gasteiger charge is -2.01. The van der Waals surface area contributed by atoms with Crippen LogP contribution < -0.4 is 5.73 Å². The van der Waals surface area contributed by atoms with E-state index in [1.54, 1.807) is 13.0 Å². The highest BCUT2D eigenvalue weighted by Crippen LogP contribution is 2.32. The SMILES string of the molecule is CC(=O)c1cc2c(N)c(C#N)sc2nc1C. The molecule has 2 heterocycles. The van der Waals surface area contributed by atoms with Crippen molar-refractivity contribution in [3.63, 3.8) is 0 Å². The van der Waals surface area contributed by atoms with Crippen molar-refractivity contribution < 1.29 is 4.79 Å². The molecule has 0 saturated carbocycles. The Morgan fingerprint density at radius 2 is 2.31 bits per heavy atom. The van der Waals surface area contributed by atoms with Crippen molar-refractivity contribution in [1.82, 2.24) is 4.98 Å². The van der Waals surface area contributed by atoms with Crippen LogP contribution in [0.1, 0.15) is 27.9 Å². The number of nitrogens with two attached hydrogens (primary N) is 1. The van der Waals surface area contributed by atoms with E-state index < -0.39 is 0 Å². The van der Waals surface area contributed by atoms with Crippen LogP contribution in [0.2, 0.25) is 0 Å². The van der Waals surface area contributed by atoms with Gasteiger partial charge in [-0.2, -0.15) is 5.26 Å². The summed E-state index contributed by atoms with van der Waals surface area (Å²) in [5.41, 5.74) is 7.45. The summed E-state index contributed by atoms with van der Waals surface area (Å²) in [6.45, 7) is 3.27. The van der Waals surface area contributed by atoms with Crippen LogP contribution in [-0.4, -0.2) is 10.8 Å². The maximum absolute atomic E-state index is 11.4. The maximum atomic E-state index is 11.4. The Morgan fingerprint density at radius 3 is 2.88 bits per heavy atom. The first-order valence-electron chi connectivity index (χ1n) is 4.65. The van der Waals surface area contributed by atoms with Gasteiger partial charge in [0.25, 0.3) is 0 Å². The van der Waals surface area contributed by atoms with Gasteiger partial charge >= 0.3 is 0 Å². The van der Waals surface area contributed by atoms with Crippen LogP contribution in [-0.2, 0) is 0 Å². The third-order valence-corrected chi connectivity index (χ3v) is 3.41. The van der Waals surface area contributed by atoms with Gasteiger partial charge in [-0.1, -0.05) is 0 Å². The summed E-state index contributed by atoms with van der Waals surface area (Å²) in [6.07, 6.45) is 0. The first-order valence-corrected chi connectivity index (χ1v) is 5.47. The summed E-state index contributed by atoms with van der Waals surface area (Å²) < 4.78 is 0. The van der Waals surface area contributed by atoms with Gasteiger partial charge in [0.2, 0.25) is 0 Å². The number of ketones is 1. The molecule has 0 aromatic carbocycles. The molecule has 0 aliphatic carbocycles. The zero-order valence-corrected chi connectivity index (χ0v) is 9.68. The van der Waals surface area contributed by atoms with Gasteiger partial charge in [0.1, 0.15) is 15.8 Å². The quantitative estimate of drug-likeness (QED) is 0.763. The molecule has 0 saturated heterocycles. The highest BCUT2D eigenvalue weighted by Gasteiger charge is 2.14. The van der Waals surface area contributed by atoms with Gasteiger partial charge in [-0.05, 0) is 19.9 Å². The second-order valence-electron chi connectivity index (χ2n) is 3.49. The Bertz CT molecular complexity index is 637. The van der Waals surface area contributed by atoms with Gasteiger partial charge in [-0.3, -0.25) is 4.79 Å². The van der Waals surface area contributed by atoms with Crippen LogP contribution in [0.4, 0.5) is 5.69 Å². The van der Waals surface area contributed by atoms with Crippen molar-refractivity contribution in [3.05, 3.63) is 22.2 Å². The lowest BCUT2D eigenvalue weighted by atomic mass is 10.1. The molecule has 2 rings (SSSR count).